The molecule has 1 fully saturated rings. The predicted octanol–water partition coefficient (Wildman–Crippen LogP) is 3.95. The van der Waals surface area contributed by atoms with Gasteiger partial charge in [-0.25, -0.2) is 14.8 Å². The van der Waals surface area contributed by atoms with Gasteiger partial charge in [0.05, 0.1) is 5.56 Å². The van der Waals surface area contributed by atoms with Crippen molar-refractivity contribution in [3.63, 3.8) is 0 Å². The normalized spacial score (nSPS) is 14.6. The van der Waals surface area contributed by atoms with E-state index in [0.29, 0.717) is 31.7 Å². The van der Waals surface area contributed by atoms with E-state index in [0.717, 1.165) is 18.1 Å². The predicted molar refractivity (Wildman–Crippen MR) is 109 cm³/mol. The topological polar surface area (TPSA) is 58.6 Å². The second kappa shape index (κ2) is 8.84. The first-order chi connectivity index (χ1) is 14.5. The zero-order chi connectivity index (χ0) is 22.6. The third-order valence-corrected chi connectivity index (χ3v) is 4.43. The number of pyridine rings is 2. The summed E-state index contributed by atoms with van der Waals surface area (Å²) in [6, 6.07) is 5.81. The van der Waals surface area contributed by atoms with E-state index in [4.69, 9.17) is 4.74 Å². The summed E-state index contributed by atoms with van der Waals surface area (Å²) in [5.74, 6) is 6.35. The van der Waals surface area contributed by atoms with Gasteiger partial charge in [0.2, 0.25) is 0 Å². The molecule has 3 heterocycles. The van der Waals surface area contributed by atoms with Crippen molar-refractivity contribution in [1.29, 1.82) is 0 Å². The summed E-state index contributed by atoms with van der Waals surface area (Å²) in [6.07, 6.45) is -2.37. The minimum absolute atomic E-state index is 0.246. The zero-order valence-corrected chi connectivity index (χ0v) is 17.5. The van der Waals surface area contributed by atoms with E-state index in [-0.39, 0.29) is 11.8 Å². The fourth-order valence-corrected chi connectivity index (χ4v) is 2.86. The summed E-state index contributed by atoms with van der Waals surface area (Å²) in [5, 5.41) is 0. The number of piperazine rings is 1. The number of nitrogens with zero attached hydrogens (tertiary/aromatic N) is 4. The van der Waals surface area contributed by atoms with Gasteiger partial charge < -0.3 is 14.5 Å². The Balaban J connectivity index is 1.57. The van der Waals surface area contributed by atoms with E-state index >= 15 is 0 Å². The van der Waals surface area contributed by atoms with Crippen LogP contribution in [-0.2, 0) is 10.9 Å². The number of alkyl halides is 3. The molecule has 1 saturated heterocycles. The number of ether oxygens (including phenoxy) is 1. The first-order valence-electron chi connectivity index (χ1n) is 9.75. The maximum Gasteiger partial charge on any atom is 0.417 e. The molecule has 164 valence electrons. The Morgan fingerprint density at radius 2 is 1.68 bits per heavy atom. The average molecular weight is 432 g/mol. The van der Waals surface area contributed by atoms with Crippen molar-refractivity contribution >= 4 is 11.9 Å². The van der Waals surface area contributed by atoms with Crippen molar-refractivity contribution < 1.29 is 22.7 Å². The number of rotatable bonds is 1. The highest BCUT2D eigenvalue weighted by molar-refractivity contribution is 5.68. The van der Waals surface area contributed by atoms with Crippen LogP contribution in [0.5, 0.6) is 0 Å². The van der Waals surface area contributed by atoms with Crippen LogP contribution in [0.1, 0.15) is 37.6 Å². The highest BCUT2D eigenvalue weighted by Crippen LogP contribution is 2.28. The molecule has 0 saturated carbocycles. The first-order valence-corrected chi connectivity index (χ1v) is 9.75. The van der Waals surface area contributed by atoms with Gasteiger partial charge in [0.25, 0.3) is 0 Å². The molecule has 0 bridgehead atoms. The lowest BCUT2D eigenvalue weighted by atomic mass is 10.2. The molecule has 0 radical (unpaired) electrons. The number of anilines is 1. The van der Waals surface area contributed by atoms with Crippen molar-refractivity contribution in [3.8, 4) is 11.8 Å². The number of carbonyl (C=O) groups excluding carboxylic acids is 1. The molecule has 0 spiro atoms. The molecule has 1 amide bonds. The van der Waals surface area contributed by atoms with E-state index < -0.39 is 17.3 Å². The van der Waals surface area contributed by atoms with E-state index in [9.17, 15) is 18.0 Å². The summed E-state index contributed by atoms with van der Waals surface area (Å²) in [6.45, 7) is 7.85. The third-order valence-electron chi connectivity index (χ3n) is 4.43. The second-order valence-corrected chi connectivity index (χ2v) is 8.04. The van der Waals surface area contributed by atoms with Crippen LogP contribution in [0.3, 0.4) is 0 Å². The molecule has 0 unspecified atom stereocenters. The maximum absolute atomic E-state index is 12.6. The number of carbonyl (C=O) groups is 1. The van der Waals surface area contributed by atoms with E-state index in [1.54, 1.807) is 17.2 Å². The van der Waals surface area contributed by atoms with Crippen molar-refractivity contribution in [1.82, 2.24) is 14.9 Å². The molecule has 2 aromatic rings. The molecule has 1 aliphatic rings. The van der Waals surface area contributed by atoms with E-state index in [2.05, 4.69) is 26.7 Å². The maximum atomic E-state index is 12.6. The molecule has 6 nitrogen and oxygen atoms in total. The lowest BCUT2D eigenvalue weighted by Gasteiger charge is -2.36. The number of amides is 1. The minimum Gasteiger partial charge on any atom is -0.444 e. The fourth-order valence-electron chi connectivity index (χ4n) is 2.86. The zero-order valence-electron chi connectivity index (χ0n) is 17.5. The Morgan fingerprint density at radius 1 is 0.968 bits per heavy atom. The lowest BCUT2D eigenvalue weighted by molar-refractivity contribution is -0.137. The summed E-state index contributed by atoms with van der Waals surface area (Å²) < 4.78 is 43.1. The fraction of sp³-hybridized carbons (Fsp3) is 0.409. The number of hydrogen-bond acceptors (Lipinski definition) is 5. The van der Waals surface area contributed by atoms with Gasteiger partial charge in [-0.05, 0) is 51.0 Å². The molecule has 31 heavy (non-hydrogen) atoms. The standard InChI is InChI=1S/C22H23F3N4O2/c1-21(2,3)31-20(30)29-12-10-28(11-13-29)19-9-5-16(14-27-19)4-7-18-8-6-17(15-26-18)22(23,24)25/h5-6,8-9,14-15H,10-13H2,1-3H3. The largest absolute Gasteiger partial charge is 0.444 e. The summed E-state index contributed by atoms with van der Waals surface area (Å²) in [7, 11) is 0. The van der Waals surface area contributed by atoms with Crippen molar-refractivity contribution in [2.24, 2.45) is 0 Å². The Bertz CT molecular complexity index is 964. The van der Waals surface area contributed by atoms with Gasteiger partial charge in [0.15, 0.2) is 0 Å². The van der Waals surface area contributed by atoms with Crippen molar-refractivity contribution in [3.05, 3.63) is 53.5 Å². The van der Waals surface area contributed by atoms with Gasteiger partial charge in [0.1, 0.15) is 17.1 Å². The molecule has 2 aromatic heterocycles. The van der Waals surface area contributed by atoms with Crippen LogP contribution in [0, 0.1) is 11.8 Å². The molecule has 3 rings (SSSR count). The second-order valence-electron chi connectivity index (χ2n) is 8.04. The van der Waals surface area contributed by atoms with Crippen LogP contribution >= 0.6 is 0 Å². The smallest absolute Gasteiger partial charge is 0.417 e. The molecule has 0 atom stereocenters. The van der Waals surface area contributed by atoms with Gasteiger partial charge in [-0.2, -0.15) is 13.2 Å². The van der Waals surface area contributed by atoms with Crippen LogP contribution in [0.2, 0.25) is 0 Å². The summed E-state index contributed by atoms with van der Waals surface area (Å²) in [5.41, 5.74) is -0.466. The minimum atomic E-state index is -4.42. The molecule has 9 heteroatoms. The van der Waals surface area contributed by atoms with Gasteiger partial charge in [-0.15, -0.1) is 0 Å². The van der Waals surface area contributed by atoms with Crippen LogP contribution < -0.4 is 4.90 Å². The monoisotopic (exact) mass is 432 g/mol. The van der Waals surface area contributed by atoms with Crippen molar-refractivity contribution in [2.45, 2.75) is 32.5 Å². The number of aromatic nitrogens is 2. The van der Waals surface area contributed by atoms with E-state index in [1.807, 2.05) is 26.8 Å². The molecule has 0 aliphatic carbocycles. The van der Waals surface area contributed by atoms with Crippen LogP contribution in [-0.4, -0.2) is 52.7 Å². The Labute approximate surface area is 179 Å². The van der Waals surface area contributed by atoms with Crippen LogP contribution in [0.15, 0.2) is 36.7 Å². The molecule has 1 aliphatic heterocycles. The Morgan fingerprint density at radius 3 is 2.19 bits per heavy atom. The molecular weight excluding hydrogens is 409 g/mol. The van der Waals surface area contributed by atoms with Gasteiger partial charge >= 0.3 is 12.3 Å². The Kier molecular flexibility index (Phi) is 6.39. The number of halogens is 3. The average Bonchev–Trinajstić information content (AvgIpc) is 2.71. The van der Waals surface area contributed by atoms with Gasteiger partial charge in [-0.3, -0.25) is 0 Å². The van der Waals surface area contributed by atoms with E-state index in [1.165, 1.54) is 6.07 Å². The highest BCUT2D eigenvalue weighted by Gasteiger charge is 2.30. The third kappa shape index (κ3) is 6.35. The highest BCUT2D eigenvalue weighted by atomic mass is 19.4. The van der Waals surface area contributed by atoms with Crippen molar-refractivity contribution in [2.75, 3.05) is 31.1 Å². The molecule has 0 aromatic carbocycles. The van der Waals surface area contributed by atoms with Crippen LogP contribution in [0.4, 0.5) is 23.8 Å². The summed E-state index contributed by atoms with van der Waals surface area (Å²) >= 11 is 0. The molecule has 0 N–H and O–H groups in total. The van der Waals surface area contributed by atoms with Crippen LogP contribution in [0.25, 0.3) is 0 Å². The molecular formula is C22H23F3N4O2. The van der Waals surface area contributed by atoms with Gasteiger partial charge in [0, 0.05) is 44.1 Å². The SMILES string of the molecule is CC(C)(C)OC(=O)N1CCN(c2ccc(C#Cc3ccc(C(F)(F)F)cn3)cn2)CC1. The lowest BCUT2D eigenvalue weighted by Crippen LogP contribution is -2.50. The first kappa shape index (κ1) is 22.4. The van der Waals surface area contributed by atoms with Gasteiger partial charge in [-0.1, -0.05) is 5.92 Å². The Hall–Kier alpha value is -3.28. The summed E-state index contributed by atoms with van der Waals surface area (Å²) in [4.78, 5) is 24.0. The number of hydrogen-bond donors (Lipinski definition) is 0. The quantitative estimate of drug-likeness (QED) is 0.639.